The minimum absolute atomic E-state index is 0.0597. The van der Waals surface area contributed by atoms with Gasteiger partial charge in [-0.15, -0.1) is 0 Å². The van der Waals surface area contributed by atoms with Crippen LogP contribution in [0.15, 0.2) is 29.5 Å². The van der Waals surface area contributed by atoms with Gasteiger partial charge in [0.1, 0.15) is 5.75 Å². The van der Waals surface area contributed by atoms with Gasteiger partial charge in [0.25, 0.3) is 0 Å². The normalized spacial score (nSPS) is 10.3. The molecule has 2 rings (SSSR count). The first-order valence-corrected chi connectivity index (χ1v) is 5.53. The minimum Gasteiger partial charge on any atom is -0.492 e. The van der Waals surface area contributed by atoms with Crippen molar-refractivity contribution >= 4 is 0 Å². The van der Waals surface area contributed by atoms with Crippen LogP contribution in [0.3, 0.4) is 0 Å². The summed E-state index contributed by atoms with van der Waals surface area (Å²) in [5.41, 5.74) is -0.101. The van der Waals surface area contributed by atoms with Gasteiger partial charge in [-0.05, 0) is 12.5 Å². The molecule has 0 atom stereocenters. The fourth-order valence-electron chi connectivity index (χ4n) is 1.44. The lowest BCUT2D eigenvalue weighted by molar-refractivity contribution is 0.316. The second-order valence-electron chi connectivity index (χ2n) is 3.67. The Morgan fingerprint density at radius 2 is 2.22 bits per heavy atom. The van der Waals surface area contributed by atoms with Gasteiger partial charge in [0.2, 0.25) is 0 Å². The summed E-state index contributed by atoms with van der Waals surface area (Å²) < 4.78 is 18.9. The molecule has 0 unspecified atom stereocenters. The van der Waals surface area contributed by atoms with Gasteiger partial charge in [-0.3, -0.25) is 4.98 Å². The molecule has 0 aliphatic heterocycles. The van der Waals surface area contributed by atoms with Crippen molar-refractivity contribution in [2.45, 2.75) is 13.3 Å². The van der Waals surface area contributed by atoms with Crippen molar-refractivity contribution in [3.05, 3.63) is 41.0 Å². The van der Waals surface area contributed by atoms with E-state index in [1.165, 1.54) is 12.4 Å². The molecule has 0 aliphatic carbocycles. The number of H-pyrrole nitrogens is 1. The molecule has 2 aromatic heterocycles. The van der Waals surface area contributed by atoms with Crippen molar-refractivity contribution < 1.29 is 9.13 Å². The van der Waals surface area contributed by atoms with Crippen LogP contribution in [0.5, 0.6) is 5.75 Å². The van der Waals surface area contributed by atoms with E-state index < -0.39 is 11.5 Å². The summed E-state index contributed by atoms with van der Waals surface area (Å²) in [6, 6.07) is 1.62. The third kappa shape index (κ3) is 2.71. The van der Waals surface area contributed by atoms with Gasteiger partial charge < -0.3 is 9.72 Å². The van der Waals surface area contributed by atoms with E-state index in [0.717, 1.165) is 12.6 Å². The van der Waals surface area contributed by atoms with Crippen LogP contribution < -0.4 is 10.4 Å². The van der Waals surface area contributed by atoms with Crippen LogP contribution in [0.1, 0.15) is 13.3 Å². The average molecular weight is 249 g/mol. The standard InChI is InChI=1S/C12H12FN3O2/c1-2-3-18-9-4-8(5-14-6-9)11-10(13)7-15-12(17)16-11/h4-7H,2-3H2,1H3,(H,15,16,17). The highest BCUT2D eigenvalue weighted by molar-refractivity contribution is 5.59. The molecule has 0 saturated heterocycles. The maximum absolute atomic E-state index is 13.5. The van der Waals surface area contributed by atoms with Crippen LogP contribution >= 0.6 is 0 Å². The van der Waals surface area contributed by atoms with E-state index in [1.54, 1.807) is 6.07 Å². The summed E-state index contributed by atoms with van der Waals surface area (Å²) in [6.07, 6.45) is 4.74. The first kappa shape index (κ1) is 12.2. The fraction of sp³-hybridized carbons (Fsp3) is 0.250. The molecule has 2 heterocycles. The second-order valence-corrected chi connectivity index (χ2v) is 3.67. The maximum Gasteiger partial charge on any atom is 0.345 e. The Balaban J connectivity index is 2.38. The van der Waals surface area contributed by atoms with Gasteiger partial charge in [-0.25, -0.2) is 9.18 Å². The average Bonchev–Trinajstić information content (AvgIpc) is 2.39. The zero-order valence-electron chi connectivity index (χ0n) is 9.81. The van der Waals surface area contributed by atoms with Gasteiger partial charge in [0.05, 0.1) is 24.7 Å². The summed E-state index contributed by atoms with van der Waals surface area (Å²) >= 11 is 0. The highest BCUT2D eigenvalue weighted by Crippen LogP contribution is 2.21. The lowest BCUT2D eigenvalue weighted by Crippen LogP contribution is -2.11. The Bertz CT molecular complexity index is 598. The summed E-state index contributed by atoms with van der Waals surface area (Å²) in [7, 11) is 0. The Hall–Kier alpha value is -2.24. The SMILES string of the molecule is CCCOc1cncc(-c2[nH]c(=O)ncc2F)c1. The third-order valence-corrected chi connectivity index (χ3v) is 2.24. The lowest BCUT2D eigenvalue weighted by Gasteiger charge is -2.06. The van der Waals surface area contributed by atoms with Crippen molar-refractivity contribution in [3.8, 4) is 17.0 Å². The van der Waals surface area contributed by atoms with Crippen LogP contribution in [0.25, 0.3) is 11.3 Å². The van der Waals surface area contributed by atoms with Crippen LogP contribution in [0.4, 0.5) is 4.39 Å². The van der Waals surface area contributed by atoms with Crippen molar-refractivity contribution in [3.63, 3.8) is 0 Å². The van der Waals surface area contributed by atoms with E-state index in [9.17, 15) is 9.18 Å². The van der Waals surface area contributed by atoms with Crippen molar-refractivity contribution in [2.75, 3.05) is 6.61 Å². The van der Waals surface area contributed by atoms with Crippen molar-refractivity contribution in [2.24, 2.45) is 0 Å². The number of hydrogen-bond acceptors (Lipinski definition) is 4. The molecule has 18 heavy (non-hydrogen) atoms. The van der Waals surface area contributed by atoms with E-state index in [1.807, 2.05) is 6.92 Å². The van der Waals surface area contributed by atoms with Crippen molar-refractivity contribution in [1.82, 2.24) is 15.0 Å². The molecule has 0 aromatic carbocycles. The Morgan fingerprint density at radius 1 is 1.39 bits per heavy atom. The predicted molar refractivity (Wildman–Crippen MR) is 63.8 cm³/mol. The molecule has 0 spiro atoms. The van der Waals surface area contributed by atoms with Gasteiger partial charge in [0, 0.05) is 11.8 Å². The zero-order valence-corrected chi connectivity index (χ0v) is 9.81. The first-order valence-electron chi connectivity index (χ1n) is 5.53. The van der Waals surface area contributed by atoms with E-state index in [0.29, 0.717) is 17.9 Å². The molecule has 0 aliphatic rings. The van der Waals surface area contributed by atoms with Gasteiger partial charge in [0.15, 0.2) is 5.82 Å². The molecule has 1 N–H and O–H groups in total. The lowest BCUT2D eigenvalue weighted by atomic mass is 10.2. The number of halogens is 1. The van der Waals surface area contributed by atoms with Crippen molar-refractivity contribution in [1.29, 1.82) is 0 Å². The minimum atomic E-state index is -0.607. The van der Waals surface area contributed by atoms with E-state index in [4.69, 9.17) is 4.74 Å². The maximum atomic E-state index is 13.5. The topological polar surface area (TPSA) is 67.9 Å². The number of ether oxygens (including phenoxy) is 1. The van der Waals surface area contributed by atoms with E-state index >= 15 is 0 Å². The number of pyridine rings is 1. The summed E-state index contributed by atoms with van der Waals surface area (Å²) in [4.78, 5) is 20.7. The molecular weight excluding hydrogens is 237 g/mol. The number of nitrogens with zero attached hydrogens (tertiary/aromatic N) is 2. The Kier molecular flexibility index (Phi) is 3.66. The Morgan fingerprint density at radius 3 is 3.00 bits per heavy atom. The fourth-order valence-corrected chi connectivity index (χ4v) is 1.44. The molecule has 6 heteroatoms. The largest absolute Gasteiger partial charge is 0.492 e. The quantitative estimate of drug-likeness (QED) is 0.896. The van der Waals surface area contributed by atoms with Crippen LogP contribution in [-0.4, -0.2) is 21.6 Å². The van der Waals surface area contributed by atoms with E-state index in [-0.39, 0.29) is 5.69 Å². The van der Waals surface area contributed by atoms with Crippen LogP contribution in [0, 0.1) is 5.82 Å². The van der Waals surface area contributed by atoms with Gasteiger partial charge in [-0.2, -0.15) is 4.98 Å². The summed E-state index contributed by atoms with van der Waals surface area (Å²) in [5.74, 6) is -0.0737. The summed E-state index contributed by atoms with van der Waals surface area (Å²) in [6.45, 7) is 2.54. The molecular formula is C12H12FN3O2. The number of nitrogens with one attached hydrogen (secondary N) is 1. The third-order valence-electron chi connectivity index (χ3n) is 2.24. The molecule has 0 fully saturated rings. The molecule has 94 valence electrons. The molecule has 0 bridgehead atoms. The van der Waals surface area contributed by atoms with Crippen LogP contribution in [-0.2, 0) is 0 Å². The molecule has 0 radical (unpaired) electrons. The van der Waals surface area contributed by atoms with Gasteiger partial charge >= 0.3 is 5.69 Å². The first-order chi connectivity index (χ1) is 8.70. The Labute approximate surface area is 103 Å². The highest BCUT2D eigenvalue weighted by Gasteiger charge is 2.08. The summed E-state index contributed by atoms with van der Waals surface area (Å²) in [5, 5.41) is 0. The zero-order chi connectivity index (χ0) is 13.0. The highest BCUT2D eigenvalue weighted by atomic mass is 19.1. The molecule has 0 amide bonds. The monoisotopic (exact) mass is 249 g/mol. The second kappa shape index (κ2) is 5.39. The number of aromatic amines is 1. The predicted octanol–water partition coefficient (Wildman–Crippen LogP) is 1.76. The van der Waals surface area contributed by atoms with E-state index in [2.05, 4.69) is 15.0 Å². The number of rotatable bonds is 4. The molecule has 2 aromatic rings. The van der Waals surface area contributed by atoms with Gasteiger partial charge in [-0.1, -0.05) is 6.92 Å². The number of aromatic nitrogens is 3. The number of hydrogen-bond donors (Lipinski definition) is 1. The smallest absolute Gasteiger partial charge is 0.345 e. The molecule has 5 nitrogen and oxygen atoms in total. The molecule has 0 saturated carbocycles. The van der Waals surface area contributed by atoms with Crippen LogP contribution in [0.2, 0.25) is 0 Å².